The topological polar surface area (TPSA) is 38.3 Å². The van der Waals surface area contributed by atoms with Gasteiger partial charge in [0, 0.05) is 17.0 Å². The molecule has 1 aromatic carbocycles. The summed E-state index contributed by atoms with van der Waals surface area (Å²) < 4.78 is 6.07. The number of carbonyl (C=O) groups is 1. The molecule has 20 heavy (non-hydrogen) atoms. The Morgan fingerprint density at radius 1 is 1.30 bits per heavy atom. The van der Waals surface area contributed by atoms with Gasteiger partial charge in [0.2, 0.25) is 5.91 Å². The summed E-state index contributed by atoms with van der Waals surface area (Å²) in [6, 6.07) is 5.60. The lowest BCUT2D eigenvalue weighted by Gasteiger charge is -2.14. The zero-order chi connectivity index (χ0) is 14.4. The predicted octanol–water partition coefficient (Wildman–Crippen LogP) is 4.76. The van der Waals surface area contributed by atoms with Crippen LogP contribution in [0.25, 0.3) is 0 Å². The fourth-order valence-corrected chi connectivity index (χ4v) is 3.10. The highest BCUT2D eigenvalue weighted by Gasteiger charge is 2.16. The van der Waals surface area contributed by atoms with Crippen molar-refractivity contribution >= 4 is 27.5 Å². The SMILES string of the molecule is COc1ccc(Br)c(NC(=O)CC2CCCCCC2)c1. The molecule has 0 unspecified atom stereocenters. The first kappa shape index (κ1) is 15.4. The lowest BCUT2D eigenvalue weighted by Crippen LogP contribution is -2.16. The summed E-state index contributed by atoms with van der Waals surface area (Å²) in [5, 5.41) is 2.99. The molecule has 1 aliphatic rings. The molecule has 1 aliphatic carbocycles. The van der Waals surface area contributed by atoms with Gasteiger partial charge in [-0.25, -0.2) is 0 Å². The summed E-state index contributed by atoms with van der Waals surface area (Å²) in [6.07, 6.45) is 8.17. The van der Waals surface area contributed by atoms with Crippen LogP contribution in [0.3, 0.4) is 0 Å². The van der Waals surface area contributed by atoms with Crippen LogP contribution >= 0.6 is 15.9 Å². The molecule has 0 bridgehead atoms. The standard InChI is InChI=1S/C16H22BrNO2/c1-20-13-8-9-14(17)15(11-13)18-16(19)10-12-6-4-2-3-5-7-12/h8-9,11-12H,2-7,10H2,1H3,(H,18,19). The minimum atomic E-state index is 0.103. The summed E-state index contributed by atoms with van der Waals surface area (Å²) in [4.78, 5) is 12.2. The summed E-state index contributed by atoms with van der Waals surface area (Å²) in [7, 11) is 1.63. The number of methoxy groups -OCH3 is 1. The maximum atomic E-state index is 12.2. The molecule has 0 heterocycles. The smallest absolute Gasteiger partial charge is 0.224 e. The highest BCUT2D eigenvalue weighted by molar-refractivity contribution is 9.10. The van der Waals surface area contributed by atoms with Gasteiger partial charge >= 0.3 is 0 Å². The second-order valence-corrected chi connectivity index (χ2v) is 6.31. The fraction of sp³-hybridized carbons (Fsp3) is 0.562. The molecule has 1 saturated carbocycles. The largest absolute Gasteiger partial charge is 0.497 e. The highest BCUT2D eigenvalue weighted by atomic mass is 79.9. The quantitative estimate of drug-likeness (QED) is 0.803. The molecule has 4 heteroatoms. The summed E-state index contributed by atoms with van der Waals surface area (Å²) in [6.45, 7) is 0. The molecule has 2 rings (SSSR count). The Labute approximate surface area is 129 Å². The van der Waals surface area contributed by atoms with Crippen LogP contribution in [-0.2, 0) is 4.79 Å². The van der Waals surface area contributed by atoms with Crippen molar-refractivity contribution in [1.29, 1.82) is 0 Å². The van der Waals surface area contributed by atoms with Crippen LogP contribution in [0.15, 0.2) is 22.7 Å². The van der Waals surface area contributed by atoms with Crippen LogP contribution < -0.4 is 10.1 Å². The molecule has 3 nitrogen and oxygen atoms in total. The number of rotatable bonds is 4. The lowest BCUT2D eigenvalue weighted by molar-refractivity contribution is -0.117. The van der Waals surface area contributed by atoms with Gasteiger partial charge in [-0.15, -0.1) is 0 Å². The van der Waals surface area contributed by atoms with Crippen molar-refractivity contribution in [2.75, 3.05) is 12.4 Å². The zero-order valence-corrected chi connectivity index (χ0v) is 13.5. The van der Waals surface area contributed by atoms with E-state index in [1.165, 1.54) is 38.5 Å². The monoisotopic (exact) mass is 339 g/mol. The maximum Gasteiger partial charge on any atom is 0.224 e. The summed E-state index contributed by atoms with van der Waals surface area (Å²) >= 11 is 3.46. The second kappa shape index (κ2) is 7.67. The van der Waals surface area contributed by atoms with E-state index in [9.17, 15) is 4.79 Å². The van der Waals surface area contributed by atoms with Crippen molar-refractivity contribution in [1.82, 2.24) is 0 Å². The third-order valence-electron chi connectivity index (χ3n) is 3.90. The van der Waals surface area contributed by atoms with Crippen LogP contribution in [-0.4, -0.2) is 13.0 Å². The lowest BCUT2D eigenvalue weighted by atomic mass is 9.96. The Morgan fingerprint density at radius 2 is 2.00 bits per heavy atom. The minimum Gasteiger partial charge on any atom is -0.497 e. The van der Waals surface area contributed by atoms with Crippen molar-refractivity contribution in [2.24, 2.45) is 5.92 Å². The molecule has 1 N–H and O–H groups in total. The van der Waals surface area contributed by atoms with E-state index in [0.717, 1.165) is 15.9 Å². The van der Waals surface area contributed by atoms with Crippen molar-refractivity contribution in [2.45, 2.75) is 44.9 Å². The molecule has 0 radical (unpaired) electrons. The molecule has 1 fully saturated rings. The Hall–Kier alpha value is -1.03. The Bertz CT molecular complexity index is 454. The third kappa shape index (κ3) is 4.51. The first-order valence-electron chi connectivity index (χ1n) is 7.32. The molecule has 1 aromatic rings. The van der Waals surface area contributed by atoms with Crippen LogP contribution in [0.1, 0.15) is 44.9 Å². The second-order valence-electron chi connectivity index (χ2n) is 5.46. The van der Waals surface area contributed by atoms with E-state index < -0.39 is 0 Å². The van der Waals surface area contributed by atoms with Gasteiger partial charge in [0.15, 0.2) is 0 Å². The Kier molecular flexibility index (Phi) is 5.89. The summed E-state index contributed by atoms with van der Waals surface area (Å²) in [5.41, 5.74) is 0.781. The van der Waals surface area contributed by atoms with E-state index in [1.54, 1.807) is 7.11 Å². The number of halogens is 1. The molecular weight excluding hydrogens is 318 g/mol. The van der Waals surface area contributed by atoms with Gasteiger partial charge in [-0.1, -0.05) is 25.7 Å². The number of benzene rings is 1. The number of nitrogens with one attached hydrogen (secondary N) is 1. The van der Waals surface area contributed by atoms with E-state index in [2.05, 4.69) is 21.2 Å². The summed E-state index contributed by atoms with van der Waals surface area (Å²) in [5.74, 6) is 1.39. The minimum absolute atomic E-state index is 0.103. The maximum absolute atomic E-state index is 12.2. The molecule has 0 aromatic heterocycles. The van der Waals surface area contributed by atoms with Gasteiger partial charge in [0.05, 0.1) is 12.8 Å². The van der Waals surface area contributed by atoms with Crippen molar-refractivity contribution in [3.05, 3.63) is 22.7 Å². The van der Waals surface area contributed by atoms with Gasteiger partial charge in [0.25, 0.3) is 0 Å². The average molecular weight is 340 g/mol. The van der Waals surface area contributed by atoms with E-state index in [4.69, 9.17) is 4.74 Å². The van der Waals surface area contributed by atoms with E-state index >= 15 is 0 Å². The third-order valence-corrected chi connectivity index (χ3v) is 4.59. The van der Waals surface area contributed by atoms with Crippen molar-refractivity contribution < 1.29 is 9.53 Å². The highest BCUT2D eigenvalue weighted by Crippen LogP contribution is 2.29. The van der Waals surface area contributed by atoms with E-state index in [0.29, 0.717) is 12.3 Å². The normalized spacial score (nSPS) is 16.5. The van der Waals surface area contributed by atoms with Crippen LogP contribution in [0, 0.1) is 5.92 Å². The average Bonchev–Trinajstić information content (AvgIpc) is 2.70. The van der Waals surface area contributed by atoms with Gasteiger partial charge < -0.3 is 10.1 Å². The molecule has 0 saturated heterocycles. The van der Waals surface area contributed by atoms with Gasteiger partial charge in [-0.2, -0.15) is 0 Å². The first-order valence-corrected chi connectivity index (χ1v) is 8.11. The number of anilines is 1. The van der Waals surface area contributed by atoms with Gasteiger partial charge in [-0.3, -0.25) is 4.79 Å². The number of amides is 1. The molecule has 1 amide bonds. The van der Waals surface area contributed by atoms with Crippen molar-refractivity contribution in [3.63, 3.8) is 0 Å². The molecule has 110 valence electrons. The van der Waals surface area contributed by atoms with E-state index in [1.807, 2.05) is 18.2 Å². The predicted molar refractivity (Wildman–Crippen MR) is 85.1 cm³/mol. The van der Waals surface area contributed by atoms with Crippen LogP contribution in [0.5, 0.6) is 5.75 Å². The Balaban J connectivity index is 1.93. The molecule has 0 atom stereocenters. The molecule has 0 spiro atoms. The van der Waals surface area contributed by atoms with Crippen LogP contribution in [0.2, 0.25) is 0 Å². The fourth-order valence-electron chi connectivity index (χ4n) is 2.76. The number of hydrogen-bond acceptors (Lipinski definition) is 2. The first-order chi connectivity index (χ1) is 9.69. The van der Waals surface area contributed by atoms with Crippen molar-refractivity contribution in [3.8, 4) is 5.75 Å². The van der Waals surface area contributed by atoms with Crippen LogP contribution in [0.4, 0.5) is 5.69 Å². The van der Waals surface area contributed by atoms with E-state index in [-0.39, 0.29) is 5.91 Å². The Morgan fingerprint density at radius 3 is 2.65 bits per heavy atom. The number of ether oxygens (including phenoxy) is 1. The van der Waals surface area contributed by atoms with Gasteiger partial charge in [-0.05, 0) is 46.8 Å². The zero-order valence-electron chi connectivity index (χ0n) is 12.0. The number of hydrogen-bond donors (Lipinski definition) is 1. The molecule has 0 aliphatic heterocycles. The molecular formula is C16H22BrNO2. The number of carbonyl (C=O) groups excluding carboxylic acids is 1. The van der Waals surface area contributed by atoms with Gasteiger partial charge in [0.1, 0.15) is 5.75 Å².